The van der Waals surface area contributed by atoms with Crippen LogP contribution in [0.3, 0.4) is 0 Å². The fourth-order valence-electron chi connectivity index (χ4n) is 2.11. The van der Waals surface area contributed by atoms with Crippen LogP contribution in [-0.4, -0.2) is 6.61 Å². The topological polar surface area (TPSA) is 47.3 Å². The van der Waals surface area contributed by atoms with Gasteiger partial charge in [-0.3, -0.25) is 5.84 Å². The normalized spacial score (nSPS) is 12.2. The van der Waals surface area contributed by atoms with Gasteiger partial charge < -0.3 is 4.74 Å². The first-order chi connectivity index (χ1) is 10.2. The maximum Gasteiger partial charge on any atom is 0.123 e. The molecule has 0 heterocycles. The van der Waals surface area contributed by atoms with Crippen LogP contribution in [0.1, 0.15) is 30.5 Å². The van der Waals surface area contributed by atoms with E-state index in [0.29, 0.717) is 17.2 Å². The molecule has 0 radical (unpaired) electrons. The molecule has 0 amide bonds. The van der Waals surface area contributed by atoms with Gasteiger partial charge in [-0.1, -0.05) is 30.7 Å². The Hall–Kier alpha value is -1.62. The quantitative estimate of drug-likeness (QED) is 0.630. The molecule has 0 fully saturated rings. The van der Waals surface area contributed by atoms with Gasteiger partial charge in [-0.15, -0.1) is 0 Å². The van der Waals surface area contributed by atoms with Gasteiger partial charge in [-0.05, 0) is 47.9 Å². The Bertz CT molecular complexity index is 607. The van der Waals surface area contributed by atoms with Crippen molar-refractivity contribution in [2.24, 2.45) is 5.84 Å². The van der Waals surface area contributed by atoms with Crippen LogP contribution in [0.5, 0.6) is 5.75 Å². The van der Waals surface area contributed by atoms with E-state index in [0.717, 1.165) is 17.7 Å². The average Bonchev–Trinajstić information content (AvgIpc) is 2.50. The van der Waals surface area contributed by atoms with Gasteiger partial charge in [-0.25, -0.2) is 9.82 Å². The van der Waals surface area contributed by atoms with Gasteiger partial charge in [-0.2, -0.15) is 0 Å². The minimum atomic E-state index is -0.404. The maximum absolute atomic E-state index is 13.5. The van der Waals surface area contributed by atoms with Gasteiger partial charge in [0, 0.05) is 5.02 Å². The molecule has 3 N–H and O–H groups in total. The molecule has 0 bridgehead atoms. The summed E-state index contributed by atoms with van der Waals surface area (Å²) in [4.78, 5) is 0. The van der Waals surface area contributed by atoms with Crippen molar-refractivity contribution in [2.45, 2.75) is 19.4 Å². The summed E-state index contributed by atoms with van der Waals surface area (Å²) in [6, 6.07) is 11.3. The zero-order valence-corrected chi connectivity index (χ0v) is 12.5. The second kappa shape index (κ2) is 7.41. The summed E-state index contributed by atoms with van der Waals surface area (Å²) in [5.41, 5.74) is 4.13. The highest BCUT2D eigenvalue weighted by Gasteiger charge is 2.17. The Morgan fingerprint density at radius 1 is 1.29 bits per heavy atom. The molecule has 0 saturated carbocycles. The maximum atomic E-state index is 13.5. The molecule has 0 aromatic heterocycles. The minimum absolute atomic E-state index is 0.354. The highest BCUT2D eigenvalue weighted by molar-refractivity contribution is 6.31. The van der Waals surface area contributed by atoms with Gasteiger partial charge >= 0.3 is 0 Å². The van der Waals surface area contributed by atoms with Gasteiger partial charge in [0.1, 0.15) is 11.6 Å². The number of halogens is 2. The lowest BCUT2D eigenvalue weighted by Gasteiger charge is -2.19. The van der Waals surface area contributed by atoms with Crippen LogP contribution in [0.2, 0.25) is 5.02 Å². The third-order valence-electron chi connectivity index (χ3n) is 3.10. The summed E-state index contributed by atoms with van der Waals surface area (Å²) in [6.07, 6.45) is 0.929. The number of hydrogen-bond acceptors (Lipinski definition) is 3. The fraction of sp³-hybridized carbons (Fsp3) is 0.250. The smallest absolute Gasteiger partial charge is 0.123 e. The van der Waals surface area contributed by atoms with Gasteiger partial charge in [0.2, 0.25) is 0 Å². The molecular weight excluding hydrogens is 291 g/mol. The van der Waals surface area contributed by atoms with E-state index in [4.69, 9.17) is 22.2 Å². The molecule has 21 heavy (non-hydrogen) atoms. The first-order valence-electron chi connectivity index (χ1n) is 6.79. The van der Waals surface area contributed by atoms with Crippen LogP contribution in [0.15, 0.2) is 42.5 Å². The van der Waals surface area contributed by atoms with Gasteiger partial charge in [0.15, 0.2) is 0 Å². The van der Waals surface area contributed by atoms with Crippen LogP contribution < -0.4 is 16.0 Å². The first kappa shape index (κ1) is 15.8. The average molecular weight is 309 g/mol. The molecule has 0 saturated heterocycles. The molecule has 1 atom stereocenters. The summed E-state index contributed by atoms with van der Waals surface area (Å²) < 4.78 is 19.1. The fourth-order valence-corrected chi connectivity index (χ4v) is 2.33. The summed E-state index contributed by atoms with van der Waals surface area (Å²) in [5, 5.41) is 0.458. The van der Waals surface area contributed by atoms with Crippen molar-refractivity contribution in [1.82, 2.24) is 5.43 Å². The van der Waals surface area contributed by atoms with Crippen molar-refractivity contribution >= 4 is 11.6 Å². The molecule has 0 aliphatic heterocycles. The molecule has 2 rings (SSSR count). The molecule has 0 aliphatic rings. The summed E-state index contributed by atoms with van der Waals surface area (Å²) in [7, 11) is 0. The van der Waals surface area contributed by atoms with Crippen molar-refractivity contribution in [3.05, 3.63) is 64.4 Å². The SMILES string of the molecule is CCCOc1cccc(C(NN)c2cc(F)ccc2Cl)c1. The van der Waals surface area contributed by atoms with E-state index in [2.05, 4.69) is 5.43 Å². The summed E-state index contributed by atoms with van der Waals surface area (Å²) in [6.45, 7) is 2.69. The van der Waals surface area contributed by atoms with E-state index in [1.807, 2.05) is 31.2 Å². The number of nitrogens with one attached hydrogen (secondary N) is 1. The Morgan fingerprint density at radius 2 is 2.10 bits per heavy atom. The van der Waals surface area contributed by atoms with Crippen molar-refractivity contribution in [1.29, 1.82) is 0 Å². The molecular formula is C16H18ClFN2O. The third-order valence-corrected chi connectivity index (χ3v) is 3.44. The van der Waals surface area contributed by atoms with Crippen molar-refractivity contribution in [3.63, 3.8) is 0 Å². The van der Waals surface area contributed by atoms with Crippen LogP contribution >= 0.6 is 11.6 Å². The largest absolute Gasteiger partial charge is 0.494 e. The lowest BCUT2D eigenvalue weighted by Crippen LogP contribution is -2.29. The monoisotopic (exact) mass is 308 g/mol. The number of nitrogens with two attached hydrogens (primary N) is 1. The zero-order chi connectivity index (χ0) is 15.2. The van der Waals surface area contributed by atoms with Crippen molar-refractivity contribution < 1.29 is 9.13 Å². The van der Waals surface area contributed by atoms with Crippen LogP contribution in [-0.2, 0) is 0 Å². The first-order valence-corrected chi connectivity index (χ1v) is 7.17. The van der Waals surface area contributed by atoms with E-state index < -0.39 is 6.04 Å². The molecule has 5 heteroatoms. The van der Waals surface area contributed by atoms with Gasteiger partial charge in [0.05, 0.1) is 12.6 Å². The third kappa shape index (κ3) is 3.94. The minimum Gasteiger partial charge on any atom is -0.494 e. The molecule has 2 aromatic rings. The van der Waals surface area contributed by atoms with E-state index in [-0.39, 0.29) is 5.82 Å². The number of benzene rings is 2. The van der Waals surface area contributed by atoms with Gasteiger partial charge in [0.25, 0.3) is 0 Å². The van der Waals surface area contributed by atoms with Crippen LogP contribution in [0.25, 0.3) is 0 Å². The number of ether oxygens (including phenoxy) is 1. The second-order valence-corrected chi connectivity index (χ2v) is 5.09. The zero-order valence-electron chi connectivity index (χ0n) is 11.8. The summed E-state index contributed by atoms with van der Waals surface area (Å²) in [5.74, 6) is 6.03. The second-order valence-electron chi connectivity index (χ2n) is 4.69. The lowest BCUT2D eigenvalue weighted by molar-refractivity contribution is 0.317. The molecule has 0 aliphatic carbocycles. The van der Waals surface area contributed by atoms with E-state index in [1.165, 1.54) is 18.2 Å². The number of rotatable bonds is 6. The molecule has 2 aromatic carbocycles. The molecule has 3 nitrogen and oxygen atoms in total. The lowest BCUT2D eigenvalue weighted by atomic mass is 9.99. The molecule has 112 valence electrons. The standard InChI is InChI=1S/C16H18ClFN2O/c1-2-8-21-13-5-3-4-11(9-13)16(20-19)14-10-12(18)6-7-15(14)17/h3-7,9-10,16,20H,2,8,19H2,1H3. The number of hydrogen-bond donors (Lipinski definition) is 2. The Balaban J connectivity index is 2.34. The van der Waals surface area contributed by atoms with E-state index >= 15 is 0 Å². The van der Waals surface area contributed by atoms with Crippen molar-refractivity contribution in [3.8, 4) is 5.75 Å². The Morgan fingerprint density at radius 3 is 2.81 bits per heavy atom. The molecule has 1 unspecified atom stereocenters. The Labute approximate surface area is 128 Å². The highest BCUT2D eigenvalue weighted by atomic mass is 35.5. The predicted molar refractivity (Wildman–Crippen MR) is 82.8 cm³/mol. The van der Waals surface area contributed by atoms with Crippen LogP contribution in [0, 0.1) is 5.82 Å². The van der Waals surface area contributed by atoms with E-state index in [9.17, 15) is 4.39 Å². The van der Waals surface area contributed by atoms with Crippen LogP contribution in [0.4, 0.5) is 4.39 Å². The Kier molecular flexibility index (Phi) is 5.56. The highest BCUT2D eigenvalue weighted by Crippen LogP contribution is 2.30. The molecule has 0 spiro atoms. The number of hydrazine groups is 1. The predicted octanol–water partition coefficient (Wildman–Crippen LogP) is 3.82. The summed E-state index contributed by atoms with van der Waals surface area (Å²) >= 11 is 6.15. The van der Waals surface area contributed by atoms with Crippen molar-refractivity contribution in [2.75, 3.05) is 6.61 Å². The van der Waals surface area contributed by atoms with E-state index in [1.54, 1.807) is 0 Å².